The van der Waals surface area contributed by atoms with Crippen LogP contribution in [0, 0.1) is 5.92 Å². The number of rotatable bonds is 3. The van der Waals surface area contributed by atoms with Gasteiger partial charge in [0.15, 0.2) is 0 Å². The average molecular weight is 360 g/mol. The van der Waals surface area contributed by atoms with E-state index in [4.69, 9.17) is 5.73 Å². The number of piperidine rings is 1. The summed E-state index contributed by atoms with van der Waals surface area (Å²) in [6, 6.07) is 8.37. The number of likely N-dealkylation sites (tertiary alicyclic amines) is 1. The fraction of sp³-hybridized carbons (Fsp3) is 0.588. The van der Waals surface area contributed by atoms with Crippen molar-refractivity contribution >= 4 is 36.4 Å². The number of nitrogens with zero attached hydrogens (tertiary/aromatic N) is 2. The van der Waals surface area contributed by atoms with Gasteiger partial charge in [0.2, 0.25) is 5.91 Å². The second-order valence-corrected chi connectivity index (χ2v) is 6.59. The minimum absolute atomic E-state index is 0. The molecule has 23 heavy (non-hydrogen) atoms. The van der Waals surface area contributed by atoms with Gasteiger partial charge in [-0.15, -0.1) is 24.8 Å². The normalized spacial score (nSPS) is 22.6. The molecule has 2 aliphatic heterocycles. The lowest BCUT2D eigenvalue weighted by molar-refractivity contribution is -0.117. The Labute approximate surface area is 151 Å². The van der Waals surface area contributed by atoms with Gasteiger partial charge in [0.05, 0.1) is 0 Å². The quantitative estimate of drug-likeness (QED) is 0.902. The van der Waals surface area contributed by atoms with E-state index in [1.807, 2.05) is 0 Å². The lowest BCUT2D eigenvalue weighted by Crippen LogP contribution is -2.32. The Balaban J connectivity index is 0.00000132. The third-order valence-electron chi connectivity index (χ3n) is 4.69. The van der Waals surface area contributed by atoms with Gasteiger partial charge in [-0.1, -0.05) is 19.1 Å². The maximum atomic E-state index is 11.9. The number of halogens is 2. The Bertz CT molecular complexity index is 501. The molecule has 0 aliphatic carbocycles. The van der Waals surface area contributed by atoms with Crippen molar-refractivity contribution in [1.29, 1.82) is 0 Å². The van der Waals surface area contributed by atoms with E-state index in [-0.39, 0.29) is 36.8 Å². The summed E-state index contributed by atoms with van der Waals surface area (Å²) in [6.07, 6.45) is 3.07. The lowest BCUT2D eigenvalue weighted by atomic mass is 9.99. The highest BCUT2D eigenvalue weighted by molar-refractivity contribution is 5.96. The van der Waals surface area contributed by atoms with Gasteiger partial charge < -0.3 is 10.6 Å². The molecule has 0 aromatic heterocycles. The monoisotopic (exact) mass is 359 g/mol. The molecule has 0 bridgehead atoms. The third kappa shape index (κ3) is 5.08. The Morgan fingerprint density at radius 1 is 1.13 bits per heavy atom. The number of hydrogen-bond acceptors (Lipinski definition) is 3. The van der Waals surface area contributed by atoms with Crippen LogP contribution in [0.25, 0.3) is 0 Å². The summed E-state index contributed by atoms with van der Waals surface area (Å²) < 4.78 is 0. The van der Waals surface area contributed by atoms with Crippen molar-refractivity contribution in [3.05, 3.63) is 29.8 Å². The topological polar surface area (TPSA) is 49.6 Å². The molecule has 0 saturated carbocycles. The van der Waals surface area contributed by atoms with E-state index in [9.17, 15) is 4.79 Å². The number of nitrogens with two attached hydrogens (primary N) is 1. The number of carbonyl (C=O) groups is 1. The predicted molar refractivity (Wildman–Crippen MR) is 99.6 cm³/mol. The van der Waals surface area contributed by atoms with Crippen molar-refractivity contribution in [2.45, 2.75) is 38.8 Å². The van der Waals surface area contributed by atoms with Crippen molar-refractivity contribution in [1.82, 2.24) is 4.90 Å². The average Bonchev–Trinajstić information content (AvgIpc) is 2.81. The molecule has 0 unspecified atom stereocenters. The van der Waals surface area contributed by atoms with Crippen molar-refractivity contribution in [2.75, 3.05) is 24.5 Å². The minimum atomic E-state index is -0.0208. The van der Waals surface area contributed by atoms with Gasteiger partial charge in [-0.25, -0.2) is 0 Å². The van der Waals surface area contributed by atoms with Gasteiger partial charge in [0.25, 0.3) is 0 Å². The van der Waals surface area contributed by atoms with Gasteiger partial charge in [0, 0.05) is 31.2 Å². The SMILES string of the molecule is CC1CCN(Cc2ccc(N3C[C@H](N)CC3=O)cc2)CC1.Cl.Cl. The van der Waals surface area contributed by atoms with E-state index in [1.165, 1.54) is 31.5 Å². The molecule has 2 aliphatic rings. The zero-order chi connectivity index (χ0) is 14.8. The molecule has 6 heteroatoms. The van der Waals surface area contributed by atoms with Crippen LogP contribution in [0.15, 0.2) is 24.3 Å². The Morgan fingerprint density at radius 2 is 1.74 bits per heavy atom. The molecule has 130 valence electrons. The molecule has 1 amide bonds. The zero-order valence-corrected chi connectivity index (χ0v) is 15.2. The fourth-order valence-corrected chi connectivity index (χ4v) is 3.24. The number of amides is 1. The first-order valence-corrected chi connectivity index (χ1v) is 7.99. The largest absolute Gasteiger partial charge is 0.326 e. The van der Waals surface area contributed by atoms with E-state index in [1.54, 1.807) is 4.90 Å². The predicted octanol–water partition coefficient (Wildman–Crippen LogP) is 2.83. The molecule has 1 aromatic carbocycles. The molecular weight excluding hydrogens is 333 g/mol. The summed E-state index contributed by atoms with van der Waals surface area (Å²) in [6.45, 7) is 6.39. The molecule has 1 aromatic rings. The van der Waals surface area contributed by atoms with E-state index in [0.717, 1.165) is 18.2 Å². The van der Waals surface area contributed by atoms with Gasteiger partial charge in [-0.3, -0.25) is 9.69 Å². The number of hydrogen-bond donors (Lipinski definition) is 1. The van der Waals surface area contributed by atoms with E-state index in [2.05, 4.69) is 36.1 Å². The molecular formula is C17H27Cl2N3O. The van der Waals surface area contributed by atoms with Gasteiger partial charge >= 0.3 is 0 Å². The Hall–Kier alpha value is -0.810. The first-order valence-electron chi connectivity index (χ1n) is 7.99. The van der Waals surface area contributed by atoms with Crippen LogP contribution in [0.4, 0.5) is 5.69 Å². The second-order valence-electron chi connectivity index (χ2n) is 6.59. The number of benzene rings is 1. The third-order valence-corrected chi connectivity index (χ3v) is 4.69. The molecule has 4 nitrogen and oxygen atoms in total. The van der Waals surface area contributed by atoms with E-state index >= 15 is 0 Å². The zero-order valence-electron chi connectivity index (χ0n) is 13.6. The first-order chi connectivity index (χ1) is 10.1. The Morgan fingerprint density at radius 3 is 2.26 bits per heavy atom. The van der Waals surface area contributed by atoms with E-state index < -0.39 is 0 Å². The van der Waals surface area contributed by atoms with Crippen LogP contribution in [0.2, 0.25) is 0 Å². The van der Waals surface area contributed by atoms with Crippen LogP contribution in [0.3, 0.4) is 0 Å². The summed E-state index contributed by atoms with van der Waals surface area (Å²) in [4.78, 5) is 16.2. The molecule has 0 spiro atoms. The highest BCUT2D eigenvalue weighted by Gasteiger charge is 2.27. The van der Waals surface area contributed by atoms with Crippen LogP contribution in [-0.2, 0) is 11.3 Å². The van der Waals surface area contributed by atoms with Crippen molar-refractivity contribution in [3.63, 3.8) is 0 Å². The minimum Gasteiger partial charge on any atom is -0.326 e. The highest BCUT2D eigenvalue weighted by Crippen LogP contribution is 2.23. The highest BCUT2D eigenvalue weighted by atomic mass is 35.5. The molecule has 2 saturated heterocycles. The maximum Gasteiger partial charge on any atom is 0.228 e. The molecule has 0 radical (unpaired) electrons. The Kier molecular flexibility index (Phi) is 7.81. The van der Waals surface area contributed by atoms with Gasteiger partial charge in [-0.05, 0) is 49.5 Å². The standard InChI is InChI=1S/C17H25N3O.2ClH/c1-13-6-8-19(9-7-13)11-14-2-4-16(5-3-14)20-12-15(18)10-17(20)21;;/h2-5,13,15H,6-12,18H2,1H3;2*1H/t15-;;/m1../s1. The molecule has 2 heterocycles. The lowest BCUT2D eigenvalue weighted by Gasteiger charge is -2.30. The molecule has 2 fully saturated rings. The van der Waals surface area contributed by atoms with Crippen LogP contribution >= 0.6 is 24.8 Å². The number of anilines is 1. The van der Waals surface area contributed by atoms with Crippen molar-refractivity contribution in [3.8, 4) is 0 Å². The molecule has 2 N–H and O–H groups in total. The van der Waals surface area contributed by atoms with Crippen LogP contribution in [-0.4, -0.2) is 36.5 Å². The molecule has 1 atom stereocenters. The smallest absolute Gasteiger partial charge is 0.228 e. The molecule has 3 rings (SSSR count). The maximum absolute atomic E-state index is 11.9. The van der Waals surface area contributed by atoms with Crippen molar-refractivity contribution < 1.29 is 4.79 Å². The fourth-order valence-electron chi connectivity index (χ4n) is 3.24. The summed E-state index contributed by atoms with van der Waals surface area (Å²) in [5, 5.41) is 0. The van der Waals surface area contributed by atoms with Crippen LogP contribution < -0.4 is 10.6 Å². The van der Waals surface area contributed by atoms with E-state index in [0.29, 0.717) is 13.0 Å². The van der Waals surface area contributed by atoms with Crippen molar-refractivity contribution in [2.24, 2.45) is 11.7 Å². The van der Waals surface area contributed by atoms with Crippen LogP contribution in [0.5, 0.6) is 0 Å². The first kappa shape index (κ1) is 20.2. The van der Waals surface area contributed by atoms with Gasteiger partial charge in [0.1, 0.15) is 0 Å². The second kappa shape index (κ2) is 8.88. The van der Waals surface area contributed by atoms with Crippen LogP contribution in [0.1, 0.15) is 31.7 Å². The summed E-state index contributed by atoms with van der Waals surface area (Å²) >= 11 is 0. The van der Waals surface area contributed by atoms with Gasteiger partial charge in [-0.2, -0.15) is 0 Å². The summed E-state index contributed by atoms with van der Waals surface area (Å²) in [5.74, 6) is 1.01. The number of carbonyl (C=O) groups excluding carboxylic acids is 1. The summed E-state index contributed by atoms with van der Waals surface area (Å²) in [5.41, 5.74) is 8.15. The summed E-state index contributed by atoms with van der Waals surface area (Å²) in [7, 11) is 0.